The molecule has 7 nitrogen and oxygen atoms in total. The van der Waals surface area contributed by atoms with Crippen LogP contribution in [0.1, 0.15) is 22.9 Å². The Morgan fingerprint density at radius 1 is 0.923 bits per heavy atom. The Hall–Kier alpha value is -4.33. The van der Waals surface area contributed by atoms with Crippen LogP contribution in [0.2, 0.25) is 10.0 Å². The summed E-state index contributed by atoms with van der Waals surface area (Å²) in [5.74, 6) is -0.675. The van der Waals surface area contributed by atoms with E-state index in [1.54, 1.807) is 48.7 Å². The second-order valence-electron chi connectivity index (χ2n) is 8.71. The number of rotatable bonds is 7. The van der Waals surface area contributed by atoms with Crippen molar-refractivity contribution in [3.05, 3.63) is 124 Å². The van der Waals surface area contributed by atoms with Crippen molar-refractivity contribution in [2.24, 2.45) is 0 Å². The maximum absolute atomic E-state index is 13.4. The maximum atomic E-state index is 13.4. The monoisotopic (exact) mass is 560 g/mol. The lowest BCUT2D eigenvalue weighted by Gasteiger charge is -2.25. The van der Waals surface area contributed by atoms with E-state index in [4.69, 9.17) is 32.7 Å². The Bertz CT molecular complexity index is 1550. The van der Waals surface area contributed by atoms with Crippen molar-refractivity contribution < 1.29 is 24.2 Å². The lowest BCUT2D eigenvalue weighted by atomic mass is 9.95. The molecule has 39 heavy (non-hydrogen) atoms. The lowest BCUT2D eigenvalue weighted by Crippen LogP contribution is -2.29. The molecular formula is C30H22Cl2N2O5. The maximum Gasteiger partial charge on any atom is 0.296 e. The zero-order valence-electron chi connectivity index (χ0n) is 20.7. The summed E-state index contributed by atoms with van der Waals surface area (Å²) in [5, 5.41) is 11.7. The molecule has 1 amide bonds. The van der Waals surface area contributed by atoms with Gasteiger partial charge in [-0.3, -0.25) is 14.6 Å². The van der Waals surface area contributed by atoms with E-state index in [0.29, 0.717) is 22.8 Å². The van der Waals surface area contributed by atoms with Gasteiger partial charge in [0.1, 0.15) is 17.3 Å². The van der Waals surface area contributed by atoms with Gasteiger partial charge >= 0.3 is 0 Å². The minimum Gasteiger partial charge on any atom is -0.507 e. The number of Topliss-reactive ketones (excluding diaryl/α,β-unsaturated/α-hetero) is 1. The Kier molecular flexibility index (Phi) is 7.54. The lowest BCUT2D eigenvalue weighted by molar-refractivity contribution is -0.140. The molecule has 1 fully saturated rings. The van der Waals surface area contributed by atoms with Gasteiger partial charge < -0.3 is 19.5 Å². The van der Waals surface area contributed by atoms with Gasteiger partial charge in [0.05, 0.1) is 41.0 Å². The number of aromatic nitrogens is 1. The van der Waals surface area contributed by atoms with E-state index in [1.807, 2.05) is 30.3 Å². The van der Waals surface area contributed by atoms with Gasteiger partial charge in [-0.25, -0.2) is 0 Å². The molecule has 1 aliphatic rings. The third kappa shape index (κ3) is 5.32. The van der Waals surface area contributed by atoms with Gasteiger partial charge in [0.15, 0.2) is 5.75 Å². The molecule has 1 aromatic heterocycles. The van der Waals surface area contributed by atoms with Crippen molar-refractivity contribution in [2.75, 3.05) is 7.11 Å². The first kappa shape index (κ1) is 26.3. The predicted octanol–water partition coefficient (Wildman–Crippen LogP) is 6.81. The van der Waals surface area contributed by atoms with Crippen LogP contribution in [0.15, 0.2) is 96.7 Å². The highest BCUT2D eigenvalue weighted by atomic mass is 35.5. The molecule has 9 heteroatoms. The van der Waals surface area contributed by atoms with Crippen LogP contribution in [0.25, 0.3) is 5.76 Å². The van der Waals surface area contributed by atoms with Crippen molar-refractivity contribution in [3.63, 3.8) is 0 Å². The topological polar surface area (TPSA) is 89.0 Å². The first-order valence-electron chi connectivity index (χ1n) is 11.9. The molecule has 1 N–H and O–H groups in total. The van der Waals surface area contributed by atoms with Gasteiger partial charge in [0.2, 0.25) is 0 Å². The highest BCUT2D eigenvalue weighted by Crippen LogP contribution is 2.43. The van der Waals surface area contributed by atoms with Crippen molar-refractivity contribution in [1.29, 1.82) is 0 Å². The number of carbonyl (C=O) groups excluding carboxylic acids is 2. The fourth-order valence-corrected chi connectivity index (χ4v) is 5.12. The number of aliphatic hydroxyl groups is 1. The number of hydrogen-bond donors (Lipinski definition) is 1. The Morgan fingerprint density at radius 2 is 1.62 bits per heavy atom. The van der Waals surface area contributed by atoms with Crippen molar-refractivity contribution in [3.8, 4) is 17.2 Å². The minimum absolute atomic E-state index is 0.0424. The van der Waals surface area contributed by atoms with Crippen LogP contribution in [-0.2, 0) is 16.1 Å². The quantitative estimate of drug-likeness (QED) is 0.152. The van der Waals surface area contributed by atoms with Gasteiger partial charge in [-0.2, -0.15) is 0 Å². The van der Waals surface area contributed by atoms with Crippen molar-refractivity contribution in [1.82, 2.24) is 9.88 Å². The molecule has 1 aliphatic heterocycles. The number of benzene rings is 3. The summed E-state index contributed by atoms with van der Waals surface area (Å²) >= 11 is 12.6. The molecular weight excluding hydrogens is 539 g/mol. The molecule has 0 aliphatic carbocycles. The Labute approximate surface area is 234 Å². The van der Waals surface area contributed by atoms with E-state index in [0.717, 1.165) is 0 Å². The Morgan fingerprint density at radius 3 is 2.28 bits per heavy atom. The highest BCUT2D eigenvalue weighted by molar-refractivity contribution is 6.46. The van der Waals surface area contributed by atoms with Crippen LogP contribution in [0.4, 0.5) is 0 Å². The van der Waals surface area contributed by atoms with E-state index >= 15 is 0 Å². The molecule has 2 heterocycles. The van der Waals surface area contributed by atoms with Crippen LogP contribution < -0.4 is 9.47 Å². The third-order valence-corrected chi connectivity index (χ3v) is 6.79. The number of methoxy groups -OCH3 is 1. The summed E-state index contributed by atoms with van der Waals surface area (Å²) in [6, 6.07) is 23.5. The predicted molar refractivity (Wildman–Crippen MR) is 148 cm³/mol. The normalized spacial score (nSPS) is 16.4. The number of amides is 1. The number of ether oxygens (including phenoxy) is 2. The van der Waals surface area contributed by atoms with Crippen molar-refractivity contribution in [2.45, 2.75) is 12.6 Å². The molecule has 1 saturated heterocycles. The van der Waals surface area contributed by atoms with Gasteiger partial charge in [-0.05, 0) is 54.1 Å². The summed E-state index contributed by atoms with van der Waals surface area (Å²) < 4.78 is 11.2. The zero-order valence-corrected chi connectivity index (χ0v) is 22.2. The number of likely N-dealkylation sites (tertiary alicyclic amines) is 1. The number of aliphatic hydroxyl groups excluding tert-OH is 1. The summed E-state index contributed by atoms with van der Waals surface area (Å²) in [6.07, 6.45) is 1.61. The number of pyridine rings is 1. The number of hydrogen-bond acceptors (Lipinski definition) is 6. The molecule has 4 aromatic rings. The van der Waals surface area contributed by atoms with Crippen LogP contribution >= 0.6 is 23.2 Å². The van der Waals surface area contributed by atoms with Crippen molar-refractivity contribution >= 4 is 40.7 Å². The van der Waals surface area contributed by atoms with Crippen LogP contribution in [0.5, 0.6) is 17.2 Å². The summed E-state index contributed by atoms with van der Waals surface area (Å²) in [5.41, 5.74) is 1.20. The molecule has 196 valence electrons. The number of carbonyl (C=O) groups is 2. The number of para-hydroxylation sites is 1. The summed E-state index contributed by atoms with van der Waals surface area (Å²) in [6.45, 7) is 0.0424. The van der Waals surface area contributed by atoms with E-state index in [1.165, 1.54) is 24.1 Å². The number of nitrogens with zero attached hydrogens (tertiary/aromatic N) is 2. The van der Waals surface area contributed by atoms with Crippen LogP contribution in [0, 0.1) is 0 Å². The summed E-state index contributed by atoms with van der Waals surface area (Å²) in [4.78, 5) is 32.5. The molecule has 3 aromatic carbocycles. The molecule has 0 saturated carbocycles. The number of ketones is 1. The molecule has 1 unspecified atom stereocenters. The highest BCUT2D eigenvalue weighted by Gasteiger charge is 2.46. The zero-order chi connectivity index (χ0) is 27.5. The largest absolute Gasteiger partial charge is 0.507 e. The molecule has 5 rings (SSSR count). The van der Waals surface area contributed by atoms with Crippen LogP contribution in [0.3, 0.4) is 0 Å². The first-order chi connectivity index (χ1) is 18.9. The second kappa shape index (κ2) is 11.2. The second-order valence-corrected chi connectivity index (χ2v) is 9.52. The third-order valence-electron chi connectivity index (χ3n) is 6.23. The standard InChI is InChI=1S/C30H22Cl2N2O5/c1-38-29-23(31)15-19(16-24(29)32)27(35)25-26(34(30(37)28(25)36)17-20-9-5-6-13-33-20)18-8-7-12-22(14-18)39-21-10-3-2-4-11-21/h2-16,26,35H,17H2,1H3/b27-25+. The smallest absolute Gasteiger partial charge is 0.296 e. The van der Waals surface area contributed by atoms with Gasteiger partial charge in [0.25, 0.3) is 11.7 Å². The van der Waals surface area contributed by atoms with E-state index < -0.39 is 23.5 Å². The fraction of sp³-hybridized carbons (Fsp3) is 0.100. The molecule has 0 bridgehead atoms. The first-order valence-corrected chi connectivity index (χ1v) is 12.7. The van der Waals surface area contributed by atoms with Gasteiger partial charge in [0, 0.05) is 11.8 Å². The summed E-state index contributed by atoms with van der Waals surface area (Å²) in [7, 11) is 1.42. The molecule has 0 spiro atoms. The van der Waals surface area contributed by atoms with E-state index in [-0.39, 0.29) is 33.5 Å². The number of halogens is 2. The molecule has 0 radical (unpaired) electrons. The van der Waals surface area contributed by atoms with Gasteiger partial charge in [-0.15, -0.1) is 0 Å². The SMILES string of the molecule is COc1c(Cl)cc(/C(O)=C2\C(=O)C(=O)N(Cc3ccccn3)C2c2cccc(Oc3ccccc3)c2)cc1Cl. The van der Waals surface area contributed by atoms with E-state index in [2.05, 4.69) is 4.98 Å². The average molecular weight is 561 g/mol. The van der Waals surface area contributed by atoms with E-state index in [9.17, 15) is 14.7 Å². The fourth-order valence-electron chi connectivity index (χ4n) is 4.48. The Balaban J connectivity index is 1.64. The minimum atomic E-state index is -0.939. The van der Waals surface area contributed by atoms with Gasteiger partial charge in [-0.1, -0.05) is 59.6 Å². The average Bonchev–Trinajstić information content (AvgIpc) is 3.18. The van der Waals surface area contributed by atoms with Crippen LogP contribution in [-0.4, -0.2) is 33.8 Å². The molecule has 1 atom stereocenters.